The molecule has 0 bridgehead atoms. The van der Waals surface area contributed by atoms with Gasteiger partial charge in [-0.3, -0.25) is 4.79 Å². The largest absolute Gasteiger partial charge is 0.497 e. The van der Waals surface area contributed by atoms with Gasteiger partial charge in [-0.25, -0.2) is 0 Å². The first-order valence-electron chi connectivity index (χ1n) is 8.52. The van der Waals surface area contributed by atoms with E-state index in [2.05, 4.69) is 10.1 Å². The Kier molecular flexibility index (Phi) is 5.76. The molecule has 1 aromatic heterocycles. The van der Waals surface area contributed by atoms with Gasteiger partial charge >= 0.3 is 6.01 Å². The molecule has 3 aromatic rings. The molecule has 0 amide bonds. The fraction of sp³-hybridized carbons (Fsp3) is 0.250. The predicted molar refractivity (Wildman–Crippen MR) is 104 cm³/mol. The first-order valence-corrected chi connectivity index (χ1v) is 8.90. The third-order valence-corrected chi connectivity index (χ3v) is 3.98. The van der Waals surface area contributed by atoms with Gasteiger partial charge < -0.3 is 9.47 Å². The second-order valence-electron chi connectivity index (χ2n) is 6.38. The molecule has 140 valence electrons. The summed E-state index contributed by atoms with van der Waals surface area (Å²) in [7, 11) is 1.57. The molecule has 2 aromatic carbocycles. The minimum atomic E-state index is -0.320. The van der Waals surface area contributed by atoms with Gasteiger partial charge in [0.05, 0.1) is 13.7 Å². The molecule has 0 unspecified atom stereocenters. The van der Waals surface area contributed by atoms with Crippen molar-refractivity contribution in [3.63, 3.8) is 0 Å². The molecular formula is C20H20ClN3O3. The van der Waals surface area contributed by atoms with Crippen LogP contribution in [0.25, 0.3) is 11.4 Å². The van der Waals surface area contributed by atoms with Crippen molar-refractivity contribution >= 4 is 17.5 Å². The molecule has 0 aliphatic carbocycles. The second kappa shape index (κ2) is 8.22. The van der Waals surface area contributed by atoms with Crippen molar-refractivity contribution in [2.75, 3.05) is 13.7 Å². The molecule has 0 spiro atoms. The molecule has 0 saturated carbocycles. The number of halogens is 1. The maximum atomic E-state index is 13.0. The lowest BCUT2D eigenvalue weighted by Crippen LogP contribution is -2.15. The number of benzene rings is 2. The van der Waals surface area contributed by atoms with Gasteiger partial charge in [0.25, 0.3) is 5.91 Å². The molecule has 0 fully saturated rings. The number of methoxy groups -OCH3 is 1. The van der Waals surface area contributed by atoms with E-state index in [1.165, 1.54) is 4.68 Å². The lowest BCUT2D eigenvalue weighted by atomic mass is 10.2. The normalized spacial score (nSPS) is 10.9. The number of hydrogen-bond acceptors (Lipinski definition) is 5. The molecule has 0 atom stereocenters. The van der Waals surface area contributed by atoms with Crippen molar-refractivity contribution in [3.8, 4) is 23.1 Å². The van der Waals surface area contributed by atoms with E-state index in [0.717, 1.165) is 0 Å². The summed E-state index contributed by atoms with van der Waals surface area (Å²) in [4.78, 5) is 17.4. The average Bonchev–Trinajstić information content (AvgIpc) is 3.10. The van der Waals surface area contributed by atoms with Crippen LogP contribution in [0.1, 0.15) is 24.2 Å². The van der Waals surface area contributed by atoms with Gasteiger partial charge in [0.2, 0.25) is 0 Å². The molecule has 0 N–H and O–H groups in total. The van der Waals surface area contributed by atoms with Crippen LogP contribution in [-0.2, 0) is 0 Å². The molecule has 7 heteroatoms. The Balaban J connectivity index is 2.01. The number of carbonyl (C=O) groups excluding carboxylic acids is 1. The zero-order chi connectivity index (χ0) is 19.4. The van der Waals surface area contributed by atoms with Crippen LogP contribution in [0.5, 0.6) is 11.8 Å². The lowest BCUT2D eigenvalue weighted by molar-refractivity contribution is 0.0944. The molecule has 0 aliphatic rings. The van der Waals surface area contributed by atoms with E-state index in [1.807, 2.05) is 19.9 Å². The number of nitrogens with zero attached hydrogens (tertiary/aromatic N) is 3. The SMILES string of the molecule is COc1ccc(C(=O)n2nc(OCC(C)C)nc2-c2cccc(Cl)c2)cc1. The maximum absolute atomic E-state index is 13.0. The number of hydrogen-bond donors (Lipinski definition) is 0. The molecule has 0 aliphatic heterocycles. The van der Waals surface area contributed by atoms with Crippen LogP contribution < -0.4 is 9.47 Å². The van der Waals surface area contributed by atoms with Gasteiger partial charge in [0, 0.05) is 16.1 Å². The molecule has 1 heterocycles. The highest BCUT2D eigenvalue weighted by atomic mass is 35.5. The highest BCUT2D eigenvalue weighted by Gasteiger charge is 2.20. The Morgan fingerprint density at radius 1 is 1.19 bits per heavy atom. The summed E-state index contributed by atoms with van der Waals surface area (Å²) in [6.07, 6.45) is 0. The predicted octanol–water partition coefficient (Wildman–Crippen LogP) is 4.33. The molecule has 3 rings (SSSR count). The van der Waals surface area contributed by atoms with E-state index in [4.69, 9.17) is 21.1 Å². The van der Waals surface area contributed by atoms with E-state index < -0.39 is 0 Å². The third kappa shape index (κ3) is 4.46. The quantitative estimate of drug-likeness (QED) is 0.631. The van der Waals surface area contributed by atoms with E-state index in [0.29, 0.717) is 40.2 Å². The summed E-state index contributed by atoms with van der Waals surface area (Å²) in [6.45, 7) is 4.50. The maximum Gasteiger partial charge on any atom is 0.336 e. The molecular weight excluding hydrogens is 366 g/mol. The van der Waals surface area contributed by atoms with Crippen molar-refractivity contribution in [2.24, 2.45) is 5.92 Å². The van der Waals surface area contributed by atoms with E-state index in [1.54, 1.807) is 49.6 Å². The fourth-order valence-electron chi connectivity index (χ4n) is 2.41. The highest BCUT2D eigenvalue weighted by molar-refractivity contribution is 6.30. The van der Waals surface area contributed by atoms with Gasteiger partial charge in [-0.2, -0.15) is 9.67 Å². The van der Waals surface area contributed by atoms with E-state index >= 15 is 0 Å². The van der Waals surface area contributed by atoms with Gasteiger partial charge in [0.15, 0.2) is 5.82 Å². The molecule has 0 radical (unpaired) electrons. The zero-order valence-electron chi connectivity index (χ0n) is 15.3. The van der Waals surface area contributed by atoms with Gasteiger partial charge in [0.1, 0.15) is 5.75 Å². The van der Waals surface area contributed by atoms with Crippen LogP contribution in [0.2, 0.25) is 5.02 Å². The molecule has 6 nitrogen and oxygen atoms in total. The minimum Gasteiger partial charge on any atom is -0.497 e. The molecule has 27 heavy (non-hydrogen) atoms. The van der Waals surface area contributed by atoms with Crippen LogP contribution in [0, 0.1) is 5.92 Å². The number of aromatic nitrogens is 3. The van der Waals surface area contributed by atoms with Crippen LogP contribution in [0.3, 0.4) is 0 Å². The van der Waals surface area contributed by atoms with Crippen LogP contribution in [-0.4, -0.2) is 34.4 Å². The zero-order valence-corrected chi connectivity index (χ0v) is 16.1. The van der Waals surface area contributed by atoms with Crippen molar-refractivity contribution < 1.29 is 14.3 Å². The standard InChI is InChI=1S/C20H20ClN3O3/c1-13(2)12-27-20-22-18(15-5-4-6-16(21)11-15)24(23-20)19(25)14-7-9-17(26-3)10-8-14/h4-11,13H,12H2,1-3H3. The summed E-state index contributed by atoms with van der Waals surface area (Å²) in [6, 6.07) is 14.1. The van der Waals surface area contributed by atoms with Crippen molar-refractivity contribution in [3.05, 3.63) is 59.1 Å². The smallest absolute Gasteiger partial charge is 0.336 e. The van der Waals surface area contributed by atoms with Gasteiger partial charge in [-0.1, -0.05) is 37.6 Å². The Hall–Kier alpha value is -2.86. The molecule has 0 saturated heterocycles. The Morgan fingerprint density at radius 3 is 2.56 bits per heavy atom. The Labute approximate surface area is 162 Å². The number of carbonyl (C=O) groups is 1. The van der Waals surface area contributed by atoms with Crippen LogP contribution in [0.15, 0.2) is 48.5 Å². The van der Waals surface area contributed by atoms with Crippen molar-refractivity contribution in [1.82, 2.24) is 14.8 Å². The summed E-state index contributed by atoms with van der Waals surface area (Å²) in [5, 5.41) is 4.81. The van der Waals surface area contributed by atoms with E-state index in [9.17, 15) is 4.79 Å². The topological polar surface area (TPSA) is 66.2 Å². The van der Waals surface area contributed by atoms with Crippen LogP contribution in [0.4, 0.5) is 0 Å². The summed E-state index contributed by atoms with van der Waals surface area (Å²) in [5.74, 6) is 1.03. The Morgan fingerprint density at radius 2 is 1.93 bits per heavy atom. The Bertz CT molecular complexity index is 936. The second-order valence-corrected chi connectivity index (χ2v) is 6.82. The van der Waals surface area contributed by atoms with E-state index in [-0.39, 0.29) is 11.9 Å². The van der Waals surface area contributed by atoms with Crippen LogP contribution >= 0.6 is 11.6 Å². The first kappa shape index (κ1) is 18.9. The van der Waals surface area contributed by atoms with Crippen molar-refractivity contribution in [2.45, 2.75) is 13.8 Å². The minimum absolute atomic E-state index is 0.153. The fourth-order valence-corrected chi connectivity index (χ4v) is 2.60. The summed E-state index contributed by atoms with van der Waals surface area (Å²) in [5.41, 5.74) is 1.13. The summed E-state index contributed by atoms with van der Waals surface area (Å²) < 4.78 is 12.0. The number of ether oxygens (including phenoxy) is 2. The number of rotatable bonds is 6. The monoisotopic (exact) mass is 385 g/mol. The van der Waals surface area contributed by atoms with Gasteiger partial charge in [-0.15, -0.1) is 5.10 Å². The van der Waals surface area contributed by atoms with Gasteiger partial charge in [-0.05, 0) is 42.3 Å². The lowest BCUT2D eigenvalue weighted by Gasteiger charge is -2.06. The first-order chi connectivity index (χ1) is 13.0. The van der Waals surface area contributed by atoms with Crippen molar-refractivity contribution in [1.29, 1.82) is 0 Å². The summed E-state index contributed by atoms with van der Waals surface area (Å²) >= 11 is 6.10. The highest BCUT2D eigenvalue weighted by Crippen LogP contribution is 2.24. The average molecular weight is 386 g/mol. The third-order valence-electron chi connectivity index (χ3n) is 3.75.